The summed E-state index contributed by atoms with van der Waals surface area (Å²) in [5.41, 5.74) is 5.91. The minimum absolute atomic E-state index is 0.217. The Morgan fingerprint density at radius 3 is 3.00 bits per heavy atom. The monoisotopic (exact) mass is 213 g/mol. The Balaban J connectivity index is 2.84. The highest BCUT2D eigenvalue weighted by atomic mass is 16.5. The fourth-order valence-electron chi connectivity index (χ4n) is 1.16. The first-order chi connectivity index (χ1) is 7.06. The third-order valence-electron chi connectivity index (χ3n) is 1.81. The Hall–Kier alpha value is -1.56. The van der Waals surface area contributed by atoms with Gasteiger partial charge in [0, 0.05) is 0 Å². The molecule has 84 valence electrons. The topological polar surface area (TPSA) is 90.4 Å². The summed E-state index contributed by atoms with van der Waals surface area (Å²) in [6, 6.07) is 0. The molecule has 0 spiro atoms. The maximum atomic E-state index is 11.3. The van der Waals surface area contributed by atoms with Gasteiger partial charge in [0.1, 0.15) is 11.4 Å². The van der Waals surface area contributed by atoms with E-state index in [-0.39, 0.29) is 17.9 Å². The Bertz CT molecular complexity index is 346. The molecule has 1 heterocycles. The summed E-state index contributed by atoms with van der Waals surface area (Å²) >= 11 is 0. The van der Waals surface area contributed by atoms with Crippen LogP contribution >= 0.6 is 0 Å². The number of hydrogen-bond donors (Lipinski definition) is 2. The molecule has 15 heavy (non-hydrogen) atoms. The van der Waals surface area contributed by atoms with Crippen LogP contribution in [0.3, 0.4) is 0 Å². The molecule has 1 aromatic rings. The van der Waals surface area contributed by atoms with E-state index >= 15 is 0 Å². The number of carbonyl (C=O) groups excluding carboxylic acids is 1. The maximum Gasteiger partial charge on any atom is 0.343 e. The highest BCUT2D eigenvalue weighted by Gasteiger charge is 2.16. The molecule has 0 radical (unpaired) electrons. The van der Waals surface area contributed by atoms with Crippen molar-refractivity contribution in [3.63, 3.8) is 0 Å². The number of anilines is 1. The zero-order valence-corrected chi connectivity index (χ0v) is 8.80. The molecule has 0 aliphatic carbocycles. The van der Waals surface area contributed by atoms with Crippen molar-refractivity contribution >= 4 is 11.8 Å². The smallest absolute Gasteiger partial charge is 0.343 e. The van der Waals surface area contributed by atoms with Gasteiger partial charge in [-0.2, -0.15) is 5.10 Å². The van der Waals surface area contributed by atoms with E-state index < -0.39 is 12.1 Å². The van der Waals surface area contributed by atoms with E-state index in [9.17, 15) is 4.79 Å². The molecule has 0 aliphatic heterocycles. The van der Waals surface area contributed by atoms with Crippen molar-refractivity contribution in [3.05, 3.63) is 11.8 Å². The minimum Gasteiger partial charge on any atom is -0.462 e. The minimum atomic E-state index is -0.567. The van der Waals surface area contributed by atoms with E-state index in [1.807, 2.05) is 0 Å². The molecule has 0 aliphatic rings. The number of rotatable bonds is 4. The van der Waals surface area contributed by atoms with Crippen LogP contribution in [0.2, 0.25) is 0 Å². The molecule has 1 aromatic heterocycles. The lowest BCUT2D eigenvalue weighted by Gasteiger charge is -2.06. The molecule has 0 bridgehead atoms. The van der Waals surface area contributed by atoms with Crippen molar-refractivity contribution < 1.29 is 14.6 Å². The average Bonchev–Trinajstić information content (AvgIpc) is 2.48. The Morgan fingerprint density at radius 2 is 2.47 bits per heavy atom. The van der Waals surface area contributed by atoms with E-state index in [4.69, 9.17) is 15.6 Å². The van der Waals surface area contributed by atoms with Crippen molar-refractivity contribution in [1.82, 2.24) is 9.78 Å². The van der Waals surface area contributed by atoms with Crippen LogP contribution in [0.1, 0.15) is 24.2 Å². The summed E-state index contributed by atoms with van der Waals surface area (Å²) in [5.74, 6) is -0.277. The quantitative estimate of drug-likeness (QED) is 0.688. The summed E-state index contributed by atoms with van der Waals surface area (Å²) in [7, 11) is 0. The number of aliphatic hydroxyl groups excluding tert-OH is 1. The predicted octanol–water partition coefficient (Wildman–Crippen LogP) is 0.0228. The maximum absolute atomic E-state index is 11.3. The lowest BCUT2D eigenvalue weighted by Crippen LogP contribution is -2.16. The second-order valence-corrected chi connectivity index (χ2v) is 3.20. The molecule has 0 saturated carbocycles. The molecule has 0 amide bonds. The van der Waals surface area contributed by atoms with Crippen LogP contribution in [-0.2, 0) is 11.3 Å². The molecule has 1 unspecified atom stereocenters. The molecule has 6 heteroatoms. The number of carbonyl (C=O) groups is 1. The van der Waals surface area contributed by atoms with Crippen LogP contribution in [0.4, 0.5) is 5.82 Å². The van der Waals surface area contributed by atoms with Gasteiger partial charge in [0.25, 0.3) is 0 Å². The lowest BCUT2D eigenvalue weighted by atomic mass is 10.3. The fraction of sp³-hybridized carbons (Fsp3) is 0.556. The summed E-state index contributed by atoms with van der Waals surface area (Å²) in [6.07, 6.45) is 0.776. The van der Waals surface area contributed by atoms with Crippen LogP contribution in [-0.4, -0.2) is 33.6 Å². The molecular weight excluding hydrogens is 198 g/mol. The molecule has 3 N–H and O–H groups in total. The number of nitrogen functional groups attached to an aromatic ring is 1. The zero-order valence-electron chi connectivity index (χ0n) is 8.80. The highest BCUT2D eigenvalue weighted by molar-refractivity contribution is 5.93. The predicted molar refractivity (Wildman–Crippen MR) is 54.3 cm³/mol. The fourth-order valence-corrected chi connectivity index (χ4v) is 1.16. The van der Waals surface area contributed by atoms with Gasteiger partial charge in [0.15, 0.2) is 0 Å². The van der Waals surface area contributed by atoms with Gasteiger partial charge < -0.3 is 15.6 Å². The number of ether oxygens (including phenoxy) is 1. The van der Waals surface area contributed by atoms with Gasteiger partial charge in [-0.25, -0.2) is 9.48 Å². The van der Waals surface area contributed by atoms with Crippen LogP contribution in [0.5, 0.6) is 0 Å². The molecule has 0 saturated heterocycles. The van der Waals surface area contributed by atoms with Crippen molar-refractivity contribution in [2.75, 3.05) is 12.3 Å². The van der Waals surface area contributed by atoms with E-state index in [0.717, 1.165) is 0 Å². The van der Waals surface area contributed by atoms with Crippen molar-refractivity contribution in [3.8, 4) is 0 Å². The molecule has 1 atom stereocenters. The van der Waals surface area contributed by atoms with Gasteiger partial charge in [0.05, 0.1) is 25.5 Å². The number of aromatic nitrogens is 2. The third kappa shape index (κ3) is 2.69. The number of esters is 1. The van der Waals surface area contributed by atoms with Gasteiger partial charge in [-0.05, 0) is 13.8 Å². The van der Waals surface area contributed by atoms with Crippen molar-refractivity contribution in [2.45, 2.75) is 26.5 Å². The normalized spacial score (nSPS) is 12.5. The second-order valence-electron chi connectivity index (χ2n) is 3.20. The van der Waals surface area contributed by atoms with Crippen molar-refractivity contribution in [1.29, 1.82) is 0 Å². The molecular formula is C9H15N3O3. The van der Waals surface area contributed by atoms with Gasteiger partial charge in [-0.3, -0.25) is 0 Å². The van der Waals surface area contributed by atoms with E-state index in [0.29, 0.717) is 6.61 Å². The molecule has 6 nitrogen and oxygen atoms in total. The van der Waals surface area contributed by atoms with Crippen LogP contribution in [0, 0.1) is 0 Å². The van der Waals surface area contributed by atoms with Crippen LogP contribution in [0.15, 0.2) is 6.20 Å². The number of nitrogens with zero attached hydrogens (tertiary/aromatic N) is 2. The lowest BCUT2D eigenvalue weighted by molar-refractivity contribution is 0.0527. The first-order valence-electron chi connectivity index (χ1n) is 4.72. The number of hydrogen-bond acceptors (Lipinski definition) is 5. The van der Waals surface area contributed by atoms with Gasteiger partial charge >= 0.3 is 5.97 Å². The van der Waals surface area contributed by atoms with Crippen molar-refractivity contribution in [2.24, 2.45) is 0 Å². The first kappa shape index (κ1) is 11.5. The van der Waals surface area contributed by atoms with Gasteiger partial charge in [-0.15, -0.1) is 0 Å². The summed E-state index contributed by atoms with van der Waals surface area (Å²) in [6.45, 7) is 3.88. The SMILES string of the molecule is CCOC(=O)c1cnn(CC(C)O)c1N. The average molecular weight is 213 g/mol. The first-order valence-corrected chi connectivity index (χ1v) is 4.72. The molecule has 0 aromatic carbocycles. The van der Waals surface area contributed by atoms with Gasteiger partial charge in [-0.1, -0.05) is 0 Å². The molecule has 1 rings (SSSR count). The Kier molecular flexibility index (Phi) is 3.68. The van der Waals surface area contributed by atoms with Crippen LogP contribution < -0.4 is 5.73 Å². The second kappa shape index (κ2) is 4.79. The van der Waals surface area contributed by atoms with Crippen LogP contribution in [0.25, 0.3) is 0 Å². The Morgan fingerprint density at radius 1 is 1.80 bits per heavy atom. The number of aliphatic hydroxyl groups is 1. The number of nitrogens with two attached hydrogens (primary N) is 1. The van der Waals surface area contributed by atoms with E-state index in [1.165, 1.54) is 10.9 Å². The van der Waals surface area contributed by atoms with Gasteiger partial charge in [0.2, 0.25) is 0 Å². The Labute approximate surface area is 87.6 Å². The zero-order chi connectivity index (χ0) is 11.4. The molecule has 0 fully saturated rings. The standard InChI is InChI=1S/C9H15N3O3/c1-3-15-9(14)7-4-11-12(8(7)10)5-6(2)13/h4,6,13H,3,5,10H2,1-2H3. The van der Waals surface area contributed by atoms with E-state index in [2.05, 4.69) is 5.10 Å². The largest absolute Gasteiger partial charge is 0.462 e. The summed E-state index contributed by atoms with van der Waals surface area (Å²) in [4.78, 5) is 11.3. The third-order valence-corrected chi connectivity index (χ3v) is 1.81. The summed E-state index contributed by atoms with van der Waals surface area (Å²) < 4.78 is 6.16. The summed E-state index contributed by atoms with van der Waals surface area (Å²) in [5, 5.41) is 13.0. The van der Waals surface area contributed by atoms with E-state index in [1.54, 1.807) is 13.8 Å². The highest BCUT2D eigenvalue weighted by Crippen LogP contribution is 2.12.